The standard InChI is InChI=1S/C14H18FNO/c1-8(2)6-10-12(7-16)17-14-9(3)4-5-11(15)13(10)14/h4-5,8H,6-7,16H2,1-3H3. The maximum absolute atomic E-state index is 13.9. The minimum atomic E-state index is -0.218. The molecule has 0 aliphatic rings. The van der Waals surface area contributed by atoms with E-state index in [4.69, 9.17) is 10.2 Å². The monoisotopic (exact) mass is 235 g/mol. The predicted octanol–water partition coefficient (Wildman–Crippen LogP) is 3.54. The number of benzene rings is 1. The SMILES string of the molecule is Cc1ccc(F)c2c(CC(C)C)c(CN)oc12. The van der Waals surface area contributed by atoms with Crippen LogP contribution in [0.25, 0.3) is 11.0 Å². The summed E-state index contributed by atoms with van der Waals surface area (Å²) in [6.45, 7) is 6.44. The Hall–Kier alpha value is -1.35. The van der Waals surface area contributed by atoms with Crippen molar-refractivity contribution >= 4 is 11.0 Å². The van der Waals surface area contributed by atoms with E-state index in [1.54, 1.807) is 6.07 Å². The van der Waals surface area contributed by atoms with Crippen LogP contribution in [0.1, 0.15) is 30.7 Å². The Morgan fingerprint density at radius 2 is 2.06 bits per heavy atom. The molecule has 0 spiro atoms. The fourth-order valence-corrected chi connectivity index (χ4v) is 2.19. The molecule has 1 aromatic carbocycles. The summed E-state index contributed by atoms with van der Waals surface area (Å²) in [5.41, 5.74) is 8.19. The molecule has 1 heterocycles. The summed E-state index contributed by atoms with van der Waals surface area (Å²) >= 11 is 0. The summed E-state index contributed by atoms with van der Waals surface area (Å²) in [5, 5.41) is 0.610. The first-order valence-electron chi connectivity index (χ1n) is 5.94. The van der Waals surface area contributed by atoms with Gasteiger partial charge in [0.05, 0.1) is 11.9 Å². The van der Waals surface area contributed by atoms with Crippen LogP contribution in [-0.2, 0) is 13.0 Å². The summed E-state index contributed by atoms with van der Waals surface area (Å²) in [5.74, 6) is 0.938. The second kappa shape index (κ2) is 4.49. The molecule has 0 aliphatic heterocycles. The Balaban J connectivity index is 2.73. The van der Waals surface area contributed by atoms with Crippen LogP contribution in [0.4, 0.5) is 4.39 Å². The van der Waals surface area contributed by atoms with Crippen LogP contribution in [0.15, 0.2) is 16.5 Å². The molecule has 0 radical (unpaired) electrons. The first kappa shape index (κ1) is 12.1. The number of nitrogens with two attached hydrogens (primary N) is 1. The van der Waals surface area contributed by atoms with Crippen LogP contribution in [0, 0.1) is 18.7 Å². The lowest BCUT2D eigenvalue weighted by Crippen LogP contribution is -2.02. The van der Waals surface area contributed by atoms with E-state index in [1.165, 1.54) is 6.07 Å². The smallest absolute Gasteiger partial charge is 0.140 e. The van der Waals surface area contributed by atoms with E-state index < -0.39 is 0 Å². The normalized spacial score (nSPS) is 11.6. The summed E-state index contributed by atoms with van der Waals surface area (Å²) in [7, 11) is 0. The van der Waals surface area contributed by atoms with Gasteiger partial charge in [-0.2, -0.15) is 0 Å². The number of halogens is 1. The van der Waals surface area contributed by atoms with E-state index >= 15 is 0 Å². The zero-order valence-corrected chi connectivity index (χ0v) is 10.5. The average Bonchev–Trinajstić information content (AvgIpc) is 2.63. The largest absolute Gasteiger partial charge is 0.459 e. The number of fused-ring (bicyclic) bond motifs is 1. The molecule has 17 heavy (non-hydrogen) atoms. The number of rotatable bonds is 3. The van der Waals surface area contributed by atoms with Gasteiger partial charge in [-0.15, -0.1) is 0 Å². The van der Waals surface area contributed by atoms with Crippen molar-refractivity contribution < 1.29 is 8.81 Å². The second-order valence-corrected chi connectivity index (χ2v) is 4.87. The van der Waals surface area contributed by atoms with Crippen molar-refractivity contribution in [2.75, 3.05) is 0 Å². The molecule has 2 N–H and O–H groups in total. The Morgan fingerprint density at radius 3 is 2.65 bits per heavy atom. The van der Waals surface area contributed by atoms with E-state index in [2.05, 4.69) is 13.8 Å². The number of aryl methyl sites for hydroxylation is 1. The van der Waals surface area contributed by atoms with Gasteiger partial charge in [-0.3, -0.25) is 0 Å². The van der Waals surface area contributed by atoms with Crippen molar-refractivity contribution in [1.82, 2.24) is 0 Å². The first-order valence-corrected chi connectivity index (χ1v) is 5.94. The van der Waals surface area contributed by atoms with E-state index in [9.17, 15) is 4.39 Å². The Kier molecular flexibility index (Phi) is 3.20. The lowest BCUT2D eigenvalue weighted by molar-refractivity contribution is 0.534. The van der Waals surface area contributed by atoms with Crippen molar-refractivity contribution in [2.24, 2.45) is 11.7 Å². The van der Waals surface area contributed by atoms with Crippen LogP contribution in [0.3, 0.4) is 0 Å². The van der Waals surface area contributed by atoms with Gasteiger partial charge in [-0.25, -0.2) is 4.39 Å². The quantitative estimate of drug-likeness (QED) is 0.883. The molecule has 0 aliphatic carbocycles. The van der Waals surface area contributed by atoms with Crippen molar-refractivity contribution in [3.8, 4) is 0 Å². The van der Waals surface area contributed by atoms with Gasteiger partial charge in [-0.1, -0.05) is 19.9 Å². The molecule has 2 nitrogen and oxygen atoms in total. The molecule has 0 atom stereocenters. The van der Waals surface area contributed by atoms with Crippen LogP contribution in [0.2, 0.25) is 0 Å². The zero-order chi connectivity index (χ0) is 12.6. The van der Waals surface area contributed by atoms with Gasteiger partial charge in [0.1, 0.15) is 17.2 Å². The number of hydrogen-bond donors (Lipinski definition) is 1. The molecule has 2 rings (SSSR count). The minimum absolute atomic E-state index is 0.218. The van der Waals surface area contributed by atoms with E-state index in [1.807, 2.05) is 6.92 Å². The maximum Gasteiger partial charge on any atom is 0.140 e. The molecule has 0 amide bonds. The molecule has 2 aromatic rings. The number of hydrogen-bond acceptors (Lipinski definition) is 2. The lowest BCUT2D eigenvalue weighted by Gasteiger charge is -2.05. The lowest BCUT2D eigenvalue weighted by atomic mass is 9.98. The molecular formula is C14H18FNO. The molecule has 0 unspecified atom stereocenters. The second-order valence-electron chi connectivity index (χ2n) is 4.87. The fraction of sp³-hybridized carbons (Fsp3) is 0.429. The van der Waals surface area contributed by atoms with Crippen LogP contribution in [-0.4, -0.2) is 0 Å². The molecule has 0 fully saturated rings. The Labute approximate surface area is 101 Å². The van der Waals surface area contributed by atoms with E-state index in [0.29, 0.717) is 29.2 Å². The predicted molar refractivity (Wildman–Crippen MR) is 67.3 cm³/mol. The van der Waals surface area contributed by atoms with Crippen LogP contribution < -0.4 is 5.73 Å². The highest BCUT2D eigenvalue weighted by atomic mass is 19.1. The van der Waals surface area contributed by atoms with Gasteiger partial charge in [0.2, 0.25) is 0 Å². The molecule has 92 valence electrons. The van der Waals surface area contributed by atoms with Gasteiger partial charge in [0, 0.05) is 5.56 Å². The van der Waals surface area contributed by atoms with Gasteiger partial charge >= 0.3 is 0 Å². The zero-order valence-electron chi connectivity index (χ0n) is 10.5. The molecule has 3 heteroatoms. The van der Waals surface area contributed by atoms with E-state index in [0.717, 1.165) is 17.5 Å². The van der Waals surface area contributed by atoms with Gasteiger partial charge in [-0.05, 0) is 30.9 Å². The molecule has 0 bridgehead atoms. The summed E-state index contributed by atoms with van der Waals surface area (Å²) in [4.78, 5) is 0. The van der Waals surface area contributed by atoms with Crippen molar-refractivity contribution in [3.63, 3.8) is 0 Å². The van der Waals surface area contributed by atoms with Crippen LogP contribution in [0.5, 0.6) is 0 Å². The third-order valence-corrected chi connectivity index (χ3v) is 2.97. The summed E-state index contributed by atoms with van der Waals surface area (Å²) in [6.07, 6.45) is 0.792. The minimum Gasteiger partial charge on any atom is -0.459 e. The molecule has 0 saturated heterocycles. The summed E-state index contributed by atoms with van der Waals surface area (Å²) < 4.78 is 19.6. The molecule has 1 aromatic heterocycles. The Bertz CT molecular complexity index is 543. The average molecular weight is 235 g/mol. The highest BCUT2D eigenvalue weighted by Crippen LogP contribution is 2.32. The van der Waals surface area contributed by atoms with Crippen LogP contribution >= 0.6 is 0 Å². The van der Waals surface area contributed by atoms with Crippen molar-refractivity contribution in [1.29, 1.82) is 0 Å². The van der Waals surface area contributed by atoms with Gasteiger partial charge in [0.15, 0.2) is 0 Å². The third kappa shape index (κ3) is 2.07. The number of furan rings is 1. The topological polar surface area (TPSA) is 39.2 Å². The first-order chi connectivity index (χ1) is 8.04. The summed E-state index contributed by atoms with van der Waals surface area (Å²) in [6, 6.07) is 3.23. The van der Waals surface area contributed by atoms with Gasteiger partial charge < -0.3 is 10.2 Å². The molecule has 0 saturated carbocycles. The highest BCUT2D eigenvalue weighted by Gasteiger charge is 2.18. The molecular weight excluding hydrogens is 217 g/mol. The highest BCUT2D eigenvalue weighted by molar-refractivity contribution is 5.85. The van der Waals surface area contributed by atoms with Crippen molar-refractivity contribution in [3.05, 3.63) is 34.8 Å². The maximum atomic E-state index is 13.9. The third-order valence-electron chi connectivity index (χ3n) is 2.97. The van der Waals surface area contributed by atoms with Crippen molar-refractivity contribution in [2.45, 2.75) is 33.7 Å². The Morgan fingerprint density at radius 1 is 1.35 bits per heavy atom. The van der Waals surface area contributed by atoms with E-state index in [-0.39, 0.29) is 5.82 Å². The fourth-order valence-electron chi connectivity index (χ4n) is 2.19. The van der Waals surface area contributed by atoms with Gasteiger partial charge in [0.25, 0.3) is 0 Å².